The van der Waals surface area contributed by atoms with E-state index in [2.05, 4.69) is 11.4 Å². The maximum atomic E-state index is 5.49. The minimum atomic E-state index is 0.490. The van der Waals surface area contributed by atoms with Crippen molar-refractivity contribution >= 4 is 11.6 Å². The molecule has 1 aromatic carbocycles. The van der Waals surface area contributed by atoms with Gasteiger partial charge in [-0.1, -0.05) is 23.7 Å². The number of hydrogen-bond acceptors (Lipinski definition) is 3. The number of benzene rings is 1. The summed E-state index contributed by atoms with van der Waals surface area (Å²) < 4.78 is 10.5. The highest BCUT2D eigenvalue weighted by atomic mass is 35.5. The number of ether oxygens (including phenoxy) is 2. The van der Waals surface area contributed by atoms with Crippen LogP contribution in [0.25, 0.3) is 0 Å². The standard InChI is InChI=1S/C13H18ClNO2/c1-16-9-7-15-11-12-4-2-5-13(10-12)17-8-3-6-14/h2-6,10,15H,7-9,11H2,1H3/b6-3+. The van der Waals surface area contributed by atoms with Crippen LogP contribution in [-0.4, -0.2) is 26.9 Å². The van der Waals surface area contributed by atoms with E-state index in [9.17, 15) is 0 Å². The van der Waals surface area contributed by atoms with E-state index in [1.807, 2.05) is 18.2 Å². The van der Waals surface area contributed by atoms with Crippen LogP contribution < -0.4 is 10.1 Å². The zero-order valence-corrected chi connectivity index (χ0v) is 10.7. The lowest BCUT2D eigenvalue weighted by Gasteiger charge is -2.07. The Morgan fingerprint density at radius 1 is 1.41 bits per heavy atom. The first-order valence-electron chi connectivity index (χ1n) is 5.53. The summed E-state index contributed by atoms with van der Waals surface area (Å²) in [4.78, 5) is 0. The molecular weight excluding hydrogens is 238 g/mol. The third-order valence-electron chi connectivity index (χ3n) is 2.15. The molecule has 0 spiro atoms. The van der Waals surface area contributed by atoms with Crippen LogP contribution in [0.15, 0.2) is 35.9 Å². The van der Waals surface area contributed by atoms with Gasteiger partial charge in [-0.3, -0.25) is 0 Å². The molecule has 4 heteroatoms. The molecule has 0 aliphatic carbocycles. The molecular formula is C13H18ClNO2. The molecule has 0 saturated carbocycles. The minimum absolute atomic E-state index is 0.490. The average Bonchev–Trinajstić information content (AvgIpc) is 2.36. The monoisotopic (exact) mass is 255 g/mol. The van der Waals surface area contributed by atoms with E-state index < -0.39 is 0 Å². The first-order chi connectivity index (χ1) is 8.36. The Bertz CT molecular complexity index is 342. The fourth-order valence-corrected chi connectivity index (χ4v) is 1.41. The van der Waals surface area contributed by atoms with E-state index in [-0.39, 0.29) is 0 Å². The summed E-state index contributed by atoms with van der Waals surface area (Å²) in [6, 6.07) is 7.99. The molecule has 1 N–H and O–H groups in total. The third-order valence-corrected chi connectivity index (χ3v) is 2.32. The zero-order valence-electron chi connectivity index (χ0n) is 9.99. The summed E-state index contributed by atoms with van der Waals surface area (Å²) in [6.45, 7) is 2.86. The van der Waals surface area contributed by atoms with Gasteiger partial charge in [-0.2, -0.15) is 0 Å². The van der Waals surface area contributed by atoms with Gasteiger partial charge in [-0.05, 0) is 23.8 Å². The van der Waals surface area contributed by atoms with E-state index in [1.165, 1.54) is 11.1 Å². The summed E-state index contributed by atoms with van der Waals surface area (Å²) in [5, 5.41) is 3.28. The summed E-state index contributed by atoms with van der Waals surface area (Å²) in [6.07, 6.45) is 1.76. The molecule has 1 rings (SSSR count). The van der Waals surface area contributed by atoms with Gasteiger partial charge in [-0.25, -0.2) is 0 Å². The maximum absolute atomic E-state index is 5.49. The van der Waals surface area contributed by atoms with Crippen molar-refractivity contribution in [1.29, 1.82) is 0 Å². The van der Waals surface area contributed by atoms with E-state index in [0.29, 0.717) is 6.61 Å². The Kier molecular flexibility index (Phi) is 7.47. The molecule has 1 aromatic rings. The highest BCUT2D eigenvalue weighted by molar-refractivity contribution is 6.25. The van der Waals surface area contributed by atoms with E-state index in [1.54, 1.807) is 13.2 Å². The Morgan fingerprint density at radius 3 is 3.06 bits per heavy atom. The Balaban J connectivity index is 2.36. The number of rotatable bonds is 8. The zero-order chi connectivity index (χ0) is 12.3. The predicted molar refractivity (Wildman–Crippen MR) is 70.5 cm³/mol. The van der Waals surface area contributed by atoms with Gasteiger partial charge in [0.05, 0.1) is 6.61 Å². The Hall–Kier alpha value is -1.03. The van der Waals surface area contributed by atoms with Crippen molar-refractivity contribution in [3.8, 4) is 5.75 Å². The van der Waals surface area contributed by atoms with Crippen LogP contribution in [0.2, 0.25) is 0 Å². The average molecular weight is 256 g/mol. The van der Waals surface area contributed by atoms with Crippen LogP contribution >= 0.6 is 11.6 Å². The van der Waals surface area contributed by atoms with Gasteiger partial charge in [0, 0.05) is 25.7 Å². The van der Waals surface area contributed by atoms with E-state index >= 15 is 0 Å². The second kappa shape index (κ2) is 9.05. The predicted octanol–water partition coefficient (Wildman–Crippen LogP) is 2.55. The summed E-state index contributed by atoms with van der Waals surface area (Å²) >= 11 is 5.41. The normalized spacial score (nSPS) is 10.9. The largest absolute Gasteiger partial charge is 0.489 e. The third kappa shape index (κ3) is 6.31. The van der Waals surface area contributed by atoms with Gasteiger partial charge in [-0.15, -0.1) is 0 Å². The van der Waals surface area contributed by atoms with Crippen LogP contribution in [0.1, 0.15) is 5.56 Å². The second-order valence-corrected chi connectivity index (χ2v) is 3.74. The molecule has 0 bridgehead atoms. The smallest absolute Gasteiger partial charge is 0.120 e. The summed E-state index contributed by atoms with van der Waals surface area (Å²) in [5.41, 5.74) is 2.64. The highest BCUT2D eigenvalue weighted by Crippen LogP contribution is 2.13. The van der Waals surface area contributed by atoms with Crippen molar-refractivity contribution in [2.75, 3.05) is 26.9 Å². The molecule has 0 amide bonds. The molecule has 0 aliphatic heterocycles. The fraction of sp³-hybridized carbons (Fsp3) is 0.385. The first kappa shape index (κ1) is 14.0. The van der Waals surface area contributed by atoms with Crippen molar-refractivity contribution in [2.45, 2.75) is 6.54 Å². The molecule has 0 atom stereocenters. The van der Waals surface area contributed by atoms with E-state index in [4.69, 9.17) is 21.1 Å². The minimum Gasteiger partial charge on any atom is -0.489 e. The van der Waals surface area contributed by atoms with Crippen molar-refractivity contribution in [2.24, 2.45) is 0 Å². The van der Waals surface area contributed by atoms with Crippen LogP contribution in [-0.2, 0) is 11.3 Å². The maximum Gasteiger partial charge on any atom is 0.120 e. The van der Waals surface area contributed by atoms with Crippen molar-refractivity contribution < 1.29 is 9.47 Å². The van der Waals surface area contributed by atoms with Gasteiger partial charge >= 0.3 is 0 Å². The number of methoxy groups -OCH3 is 1. The number of nitrogens with one attached hydrogen (secondary N) is 1. The summed E-state index contributed by atoms with van der Waals surface area (Å²) in [5.74, 6) is 0.853. The van der Waals surface area contributed by atoms with Crippen LogP contribution in [0, 0.1) is 0 Å². The number of hydrogen-bond donors (Lipinski definition) is 1. The molecule has 94 valence electrons. The van der Waals surface area contributed by atoms with Gasteiger partial charge in [0.15, 0.2) is 0 Å². The Morgan fingerprint density at radius 2 is 2.29 bits per heavy atom. The molecule has 0 saturated heterocycles. The molecule has 17 heavy (non-hydrogen) atoms. The lowest BCUT2D eigenvalue weighted by atomic mass is 10.2. The van der Waals surface area contributed by atoms with E-state index in [0.717, 1.165) is 25.4 Å². The Labute approximate surface area is 107 Å². The molecule has 0 aromatic heterocycles. The van der Waals surface area contributed by atoms with Crippen molar-refractivity contribution in [1.82, 2.24) is 5.32 Å². The lowest BCUT2D eigenvalue weighted by Crippen LogP contribution is -2.18. The lowest BCUT2D eigenvalue weighted by molar-refractivity contribution is 0.199. The SMILES string of the molecule is COCCNCc1cccc(OC/C=C/Cl)c1. The van der Waals surface area contributed by atoms with Crippen molar-refractivity contribution in [3.63, 3.8) is 0 Å². The highest BCUT2D eigenvalue weighted by Gasteiger charge is 1.96. The molecule has 0 unspecified atom stereocenters. The van der Waals surface area contributed by atoms with Gasteiger partial charge < -0.3 is 14.8 Å². The fourth-order valence-electron chi connectivity index (χ4n) is 1.33. The van der Waals surface area contributed by atoms with Crippen LogP contribution in [0.5, 0.6) is 5.75 Å². The van der Waals surface area contributed by atoms with Gasteiger partial charge in [0.2, 0.25) is 0 Å². The van der Waals surface area contributed by atoms with Gasteiger partial charge in [0.25, 0.3) is 0 Å². The molecule has 0 fully saturated rings. The first-order valence-corrected chi connectivity index (χ1v) is 5.97. The second-order valence-electron chi connectivity index (χ2n) is 3.49. The van der Waals surface area contributed by atoms with Crippen LogP contribution in [0.4, 0.5) is 0 Å². The molecule has 3 nitrogen and oxygen atoms in total. The molecule has 0 aliphatic rings. The van der Waals surface area contributed by atoms with Crippen molar-refractivity contribution in [3.05, 3.63) is 41.4 Å². The summed E-state index contributed by atoms with van der Waals surface area (Å²) in [7, 11) is 1.69. The number of halogens is 1. The quantitative estimate of drug-likeness (QED) is 0.725. The van der Waals surface area contributed by atoms with Crippen LogP contribution in [0.3, 0.4) is 0 Å². The topological polar surface area (TPSA) is 30.5 Å². The molecule has 0 heterocycles. The van der Waals surface area contributed by atoms with Gasteiger partial charge in [0.1, 0.15) is 12.4 Å². The molecule has 0 radical (unpaired) electrons.